The van der Waals surface area contributed by atoms with Crippen LogP contribution in [0.1, 0.15) is 34.3 Å². The van der Waals surface area contributed by atoms with E-state index in [1.165, 1.54) is 29.8 Å². The van der Waals surface area contributed by atoms with E-state index in [1.807, 2.05) is 48.5 Å². The minimum atomic E-state index is -0.569. The number of nitro groups is 1. The van der Waals surface area contributed by atoms with Gasteiger partial charge in [-0.15, -0.1) is 0 Å². The second-order valence-electron chi connectivity index (χ2n) is 10.1. The fourth-order valence-corrected chi connectivity index (χ4v) is 4.94. The van der Waals surface area contributed by atoms with Gasteiger partial charge < -0.3 is 14.4 Å². The third kappa shape index (κ3) is 7.00. The molecule has 9 heteroatoms. The van der Waals surface area contributed by atoms with Crippen molar-refractivity contribution in [1.29, 1.82) is 0 Å². The Morgan fingerprint density at radius 2 is 1.54 bits per heavy atom. The molecule has 3 aromatic carbocycles. The first-order valence-electron chi connectivity index (χ1n) is 13.2. The van der Waals surface area contributed by atoms with E-state index in [4.69, 9.17) is 9.47 Å². The van der Waals surface area contributed by atoms with Gasteiger partial charge in [0.05, 0.1) is 17.0 Å². The molecule has 1 aliphatic heterocycles. The molecule has 0 spiro atoms. The number of rotatable bonds is 10. The normalized spacial score (nSPS) is 18.6. The maximum absolute atomic E-state index is 13.0. The zero-order chi connectivity index (χ0) is 27.2. The average molecular weight is 530 g/mol. The molecule has 2 atom stereocenters. The van der Waals surface area contributed by atoms with Crippen molar-refractivity contribution >= 4 is 17.7 Å². The number of benzene rings is 3. The summed E-state index contributed by atoms with van der Waals surface area (Å²) in [5, 5.41) is 11.0. The molecule has 0 radical (unpaired) electrons. The van der Waals surface area contributed by atoms with Crippen LogP contribution in [0.25, 0.3) is 0 Å². The fourth-order valence-electron chi connectivity index (χ4n) is 4.94. The SMILES string of the molecule is O=C(O[C@H]1CN(C(=O)OCc2ccccc2)C[C@@H]1CN(Cc1ccccc1)C1CC1)c1ccc([N+](=O)[O-])cc1. The summed E-state index contributed by atoms with van der Waals surface area (Å²) in [5.41, 5.74) is 2.23. The molecule has 0 bridgehead atoms. The Bertz CT molecular complexity index is 1280. The van der Waals surface area contributed by atoms with Gasteiger partial charge in [-0.25, -0.2) is 9.59 Å². The second-order valence-corrected chi connectivity index (χ2v) is 10.1. The molecule has 2 fully saturated rings. The maximum atomic E-state index is 13.0. The smallest absolute Gasteiger partial charge is 0.410 e. The molecule has 9 nitrogen and oxygen atoms in total. The van der Waals surface area contributed by atoms with Crippen LogP contribution in [0.5, 0.6) is 0 Å². The van der Waals surface area contributed by atoms with Crippen LogP contribution in [0, 0.1) is 16.0 Å². The number of hydrogen-bond acceptors (Lipinski definition) is 7. The number of likely N-dealkylation sites (tertiary alicyclic amines) is 1. The molecule has 39 heavy (non-hydrogen) atoms. The van der Waals surface area contributed by atoms with Crippen molar-refractivity contribution in [3.8, 4) is 0 Å². The van der Waals surface area contributed by atoms with Gasteiger partial charge in [0, 0.05) is 43.7 Å². The molecule has 1 amide bonds. The minimum absolute atomic E-state index is 0.0985. The summed E-state index contributed by atoms with van der Waals surface area (Å²) in [6, 6.07) is 25.5. The Morgan fingerprint density at radius 3 is 2.15 bits per heavy atom. The second kappa shape index (κ2) is 12.1. The first-order chi connectivity index (χ1) is 19.0. The molecule has 5 rings (SSSR count). The largest absolute Gasteiger partial charge is 0.456 e. The standard InChI is InChI=1S/C30H31N3O6/c34-29(24-11-13-27(14-12-24)33(36)37)39-28-20-32(30(35)38-21-23-9-5-2-6-10-23)19-25(28)18-31(26-15-16-26)17-22-7-3-1-4-8-22/h1-14,25-26,28H,15-21H2/t25-,28-/m0/s1. The number of hydrogen-bond donors (Lipinski definition) is 0. The zero-order valence-electron chi connectivity index (χ0n) is 21.6. The third-order valence-corrected chi connectivity index (χ3v) is 7.18. The summed E-state index contributed by atoms with van der Waals surface area (Å²) in [7, 11) is 0. The van der Waals surface area contributed by atoms with E-state index < -0.39 is 23.1 Å². The van der Waals surface area contributed by atoms with E-state index in [0.717, 1.165) is 24.9 Å². The Balaban J connectivity index is 1.28. The van der Waals surface area contributed by atoms with Gasteiger partial charge in [-0.2, -0.15) is 0 Å². The number of ether oxygens (including phenoxy) is 2. The highest BCUT2D eigenvalue weighted by molar-refractivity contribution is 5.89. The highest BCUT2D eigenvalue weighted by Gasteiger charge is 2.41. The van der Waals surface area contributed by atoms with Crippen molar-refractivity contribution < 1.29 is 24.0 Å². The molecule has 1 heterocycles. The van der Waals surface area contributed by atoms with E-state index >= 15 is 0 Å². The van der Waals surface area contributed by atoms with Gasteiger partial charge in [-0.05, 0) is 36.1 Å². The number of non-ortho nitro benzene ring substituents is 1. The minimum Gasteiger partial charge on any atom is -0.456 e. The summed E-state index contributed by atoms with van der Waals surface area (Å²) in [6.07, 6.45) is 1.26. The molecule has 202 valence electrons. The van der Waals surface area contributed by atoms with Crippen molar-refractivity contribution in [3.63, 3.8) is 0 Å². The third-order valence-electron chi connectivity index (χ3n) is 7.18. The van der Waals surface area contributed by atoms with Crippen LogP contribution in [0.2, 0.25) is 0 Å². The lowest BCUT2D eigenvalue weighted by atomic mass is 10.0. The monoisotopic (exact) mass is 529 g/mol. The van der Waals surface area contributed by atoms with E-state index in [-0.39, 0.29) is 30.3 Å². The summed E-state index contributed by atoms with van der Waals surface area (Å²) in [5.74, 6) is -0.680. The molecule has 0 aromatic heterocycles. The van der Waals surface area contributed by atoms with Crippen molar-refractivity contribution in [3.05, 3.63) is 112 Å². The number of carbonyl (C=O) groups excluding carboxylic acids is 2. The Hall–Kier alpha value is -4.24. The first-order valence-corrected chi connectivity index (χ1v) is 13.2. The van der Waals surface area contributed by atoms with Crippen molar-refractivity contribution in [2.45, 2.75) is 38.1 Å². The summed E-state index contributed by atoms with van der Waals surface area (Å²) < 4.78 is 11.5. The number of carbonyl (C=O) groups is 2. The summed E-state index contributed by atoms with van der Waals surface area (Å²) in [6.45, 7) is 2.24. The van der Waals surface area contributed by atoms with Crippen LogP contribution in [0.4, 0.5) is 10.5 Å². The lowest BCUT2D eigenvalue weighted by molar-refractivity contribution is -0.384. The van der Waals surface area contributed by atoms with Crippen LogP contribution in [-0.4, -0.2) is 58.6 Å². The quantitative estimate of drug-likeness (QED) is 0.206. The molecule has 1 saturated heterocycles. The van der Waals surface area contributed by atoms with Crippen LogP contribution >= 0.6 is 0 Å². The highest BCUT2D eigenvalue weighted by Crippen LogP contribution is 2.32. The number of nitrogens with zero attached hydrogens (tertiary/aromatic N) is 3. The number of nitro benzene ring substituents is 1. The number of esters is 1. The predicted octanol–water partition coefficient (Wildman–Crippen LogP) is 5.05. The van der Waals surface area contributed by atoms with Crippen LogP contribution in [0.15, 0.2) is 84.9 Å². The van der Waals surface area contributed by atoms with E-state index in [1.54, 1.807) is 4.90 Å². The maximum Gasteiger partial charge on any atom is 0.410 e. The molecule has 1 aliphatic carbocycles. The fraction of sp³-hybridized carbons (Fsp3) is 0.333. The highest BCUT2D eigenvalue weighted by atomic mass is 16.6. The Morgan fingerprint density at radius 1 is 0.897 bits per heavy atom. The van der Waals surface area contributed by atoms with E-state index in [0.29, 0.717) is 19.1 Å². The van der Waals surface area contributed by atoms with Crippen molar-refractivity contribution in [1.82, 2.24) is 9.80 Å². The van der Waals surface area contributed by atoms with E-state index in [2.05, 4.69) is 17.0 Å². The number of amides is 1. The average Bonchev–Trinajstić information content (AvgIpc) is 3.74. The lowest BCUT2D eigenvalue weighted by Crippen LogP contribution is -2.37. The zero-order valence-corrected chi connectivity index (χ0v) is 21.6. The van der Waals surface area contributed by atoms with Gasteiger partial charge in [0.25, 0.3) is 5.69 Å². The van der Waals surface area contributed by atoms with Gasteiger partial charge >= 0.3 is 12.1 Å². The van der Waals surface area contributed by atoms with Crippen LogP contribution < -0.4 is 0 Å². The molecular formula is C30H31N3O6. The van der Waals surface area contributed by atoms with E-state index in [9.17, 15) is 19.7 Å². The van der Waals surface area contributed by atoms with Gasteiger partial charge in [0.15, 0.2) is 0 Å². The Labute approximate surface area is 227 Å². The van der Waals surface area contributed by atoms with Gasteiger partial charge in [-0.3, -0.25) is 15.0 Å². The van der Waals surface area contributed by atoms with Crippen LogP contribution in [-0.2, 0) is 22.6 Å². The molecule has 2 aliphatic rings. The van der Waals surface area contributed by atoms with Crippen molar-refractivity contribution in [2.24, 2.45) is 5.92 Å². The molecular weight excluding hydrogens is 498 g/mol. The first kappa shape index (κ1) is 26.4. The Kier molecular flexibility index (Phi) is 8.17. The topological polar surface area (TPSA) is 102 Å². The lowest BCUT2D eigenvalue weighted by Gasteiger charge is -2.28. The molecule has 0 N–H and O–H groups in total. The van der Waals surface area contributed by atoms with Gasteiger partial charge in [0.1, 0.15) is 12.7 Å². The molecule has 0 unspecified atom stereocenters. The summed E-state index contributed by atoms with van der Waals surface area (Å²) in [4.78, 5) is 40.5. The van der Waals surface area contributed by atoms with Crippen LogP contribution in [0.3, 0.4) is 0 Å². The summed E-state index contributed by atoms with van der Waals surface area (Å²) >= 11 is 0. The predicted molar refractivity (Wildman–Crippen MR) is 144 cm³/mol. The van der Waals surface area contributed by atoms with Crippen molar-refractivity contribution in [2.75, 3.05) is 19.6 Å². The molecule has 3 aromatic rings. The van der Waals surface area contributed by atoms with Gasteiger partial charge in [-0.1, -0.05) is 60.7 Å². The molecule has 1 saturated carbocycles. The van der Waals surface area contributed by atoms with Gasteiger partial charge in [0.2, 0.25) is 0 Å².